The number of para-hydroxylation sites is 1. The molecule has 1 aromatic heterocycles. The number of fused-ring (bicyclic) bond motifs is 1. The molecule has 0 radical (unpaired) electrons. The molecule has 0 aliphatic carbocycles. The fourth-order valence-corrected chi connectivity index (χ4v) is 2.10. The van der Waals surface area contributed by atoms with Crippen LogP contribution in [0, 0.1) is 29.1 Å². The van der Waals surface area contributed by atoms with Crippen molar-refractivity contribution in [1.29, 1.82) is 0 Å². The average Bonchev–Trinajstić information content (AvgIpc) is 2.61. The SMILES string of the molecule is Fc1c(F)c(F)c(N/N=C/c2ccnc3ccccc23)c(F)c1F. The molecule has 0 atom stereocenters. The molecule has 2 aromatic carbocycles. The third-order valence-corrected chi connectivity index (χ3v) is 3.27. The van der Waals surface area contributed by atoms with E-state index in [0.29, 0.717) is 16.5 Å². The molecule has 3 nitrogen and oxygen atoms in total. The summed E-state index contributed by atoms with van der Waals surface area (Å²) in [6.45, 7) is 0. The number of halogens is 5. The highest BCUT2D eigenvalue weighted by atomic mass is 19.2. The molecule has 1 heterocycles. The first kappa shape index (κ1) is 15.9. The predicted octanol–water partition coefficient (Wildman–Crippen LogP) is 4.38. The number of aromatic nitrogens is 1. The summed E-state index contributed by atoms with van der Waals surface area (Å²) in [5, 5.41) is 4.27. The van der Waals surface area contributed by atoms with E-state index in [4.69, 9.17) is 0 Å². The Morgan fingerprint density at radius 3 is 2.17 bits per heavy atom. The van der Waals surface area contributed by atoms with Crippen LogP contribution in [-0.2, 0) is 0 Å². The third kappa shape index (κ3) is 2.66. The molecule has 0 unspecified atom stereocenters. The summed E-state index contributed by atoms with van der Waals surface area (Å²) in [6.07, 6.45) is 2.70. The topological polar surface area (TPSA) is 37.3 Å². The Bertz CT molecular complexity index is 922. The molecule has 0 spiro atoms. The number of benzene rings is 2. The van der Waals surface area contributed by atoms with Gasteiger partial charge in [0.2, 0.25) is 5.82 Å². The van der Waals surface area contributed by atoms with E-state index in [1.54, 1.807) is 30.3 Å². The zero-order valence-electron chi connectivity index (χ0n) is 11.8. The van der Waals surface area contributed by atoms with Gasteiger partial charge in [-0.1, -0.05) is 18.2 Å². The van der Waals surface area contributed by atoms with Crippen LogP contribution in [0.25, 0.3) is 10.9 Å². The molecule has 0 fully saturated rings. The highest BCUT2D eigenvalue weighted by molar-refractivity contribution is 5.98. The van der Waals surface area contributed by atoms with Gasteiger partial charge < -0.3 is 0 Å². The minimum atomic E-state index is -2.22. The van der Waals surface area contributed by atoms with Gasteiger partial charge in [0.05, 0.1) is 11.7 Å². The van der Waals surface area contributed by atoms with Crippen molar-refractivity contribution in [2.24, 2.45) is 5.10 Å². The summed E-state index contributed by atoms with van der Waals surface area (Å²) in [7, 11) is 0. The number of pyridine rings is 1. The summed E-state index contributed by atoms with van der Waals surface area (Å²) in [5.41, 5.74) is 1.85. The lowest BCUT2D eigenvalue weighted by molar-refractivity contribution is 0.381. The van der Waals surface area contributed by atoms with E-state index in [9.17, 15) is 22.0 Å². The van der Waals surface area contributed by atoms with E-state index in [1.165, 1.54) is 12.4 Å². The lowest BCUT2D eigenvalue weighted by atomic mass is 10.1. The summed E-state index contributed by atoms with van der Waals surface area (Å²) >= 11 is 0. The number of hydrogen-bond donors (Lipinski definition) is 1. The smallest absolute Gasteiger partial charge is 0.200 e. The van der Waals surface area contributed by atoms with Crippen molar-refractivity contribution in [2.75, 3.05) is 5.43 Å². The second kappa shape index (κ2) is 6.23. The zero-order valence-corrected chi connectivity index (χ0v) is 11.8. The predicted molar refractivity (Wildman–Crippen MR) is 79.2 cm³/mol. The first-order chi connectivity index (χ1) is 11.5. The van der Waals surface area contributed by atoms with Crippen LogP contribution in [-0.4, -0.2) is 11.2 Å². The molecule has 8 heteroatoms. The van der Waals surface area contributed by atoms with Crippen LogP contribution in [0.2, 0.25) is 0 Å². The van der Waals surface area contributed by atoms with E-state index < -0.39 is 34.8 Å². The van der Waals surface area contributed by atoms with Crippen molar-refractivity contribution in [2.45, 2.75) is 0 Å². The van der Waals surface area contributed by atoms with E-state index >= 15 is 0 Å². The maximum absolute atomic E-state index is 13.5. The number of nitrogens with zero attached hydrogens (tertiary/aromatic N) is 2. The third-order valence-electron chi connectivity index (χ3n) is 3.27. The monoisotopic (exact) mass is 337 g/mol. The van der Waals surface area contributed by atoms with E-state index in [1.807, 2.05) is 5.43 Å². The molecule has 0 amide bonds. The molecule has 122 valence electrons. The second-order valence-corrected chi connectivity index (χ2v) is 4.73. The maximum Gasteiger partial charge on any atom is 0.200 e. The number of anilines is 1. The maximum atomic E-state index is 13.5. The van der Waals surface area contributed by atoms with Crippen molar-refractivity contribution in [3.05, 3.63) is 71.2 Å². The second-order valence-electron chi connectivity index (χ2n) is 4.73. The first-order valence-electron chi connectivity index (χ1n) is 6.65. The van der Waals surface area contributed by atoms with Crippen molar-refractivity contribution in [3.63, 3.8) is 0 Å². The molecule has 3 rings (SSSR count). The summed E-state index contributed by atoms with van der Waals surface area (Å²) in [6, 6.07) is 8.64. The van der Waals surface area contributed by atoms with Gasteiger partial charge in [0.15, 0.2) is 23.3 Å². The van der Waals surface area contributed by atoms with Crippen LogP contribution in [0.5, 0.6) is 0 Å². The molecule has 3 aromatic rings. The summed E-state index contributed by atoms with van der Waals surface area (Å²) in [5.74, 6) is -10.3. The molecule has 1 N–H and O–H groups in total. The van der Waals surface area contributed by atoms with Crippen LogP contribution in [0.1, 0.15) is 5.56 Å². The lowest BCUT2D eigenvalue weighted by Crippen LogP contribution is -2.06. The van der Waals surface area contributed by atoms with Crippen LogP contribution < -0.4 is 5.43 Å². The van der Waals surface area contributed by atoms with Crippen LogP contribution >= 0.6 is 0 Å². The van der Waals surface area contributed by atoms with Gasteiger partial charge in [0.25, 0.3) is 0 Å². The Balaban J connectivity index is 1.95. The van der Waals surface area contributed by atoms with Crippen molar-refractivity contribution in [3.8, 4) is 0 Å². The van der Waals surface area contributed by atoms with Crippen LogP contribution in [0.15, 0.2) is 41.6 Å². The van der Waals surface area contributed by atoms with Gasteiger partial charge in [-0.25, -0.2) is 22.0 Å². The molecular formula is C16H8F5N3. The minimum Gasteiger partial charge on any atom is -0.272 e. The van der Waals surface area contributed by atoms with Crippen LogP contribution in [0.3, 0.4) is 0 Å². The van der Waals surface area contributed by atoms with Crippen molar-refractivity contribution >= 4 is 22.8 Å². The summed E-state index contributed by atoms with van der Waals surface area (Å²) in [4.78, 5) is 4.13. The highest BCUT2D eigenvalue weighted by Crippen LogP contribution is 2.27. The normalized spacial score (nSPS) is 11.4. The van der Waals surface area contributed by atoms with Gasteiger partial charge in [-0.3, -0.25) is 10.4 Å². The fraction of sp³-hybridized carbons (Fsp3) is 0. The molecule has 24 heavy (non-hydrogen) atoms. The molecular weight excluding hydrogens is 329 g/mol. The van der Waals surface area contributed by atoms with Gasteiger partial charge >= 0.3 is 0 Å². The number of hydrogen-bond acceptors (Lipinski definition) is 3. The molecule has 0 aliphatic rings. The Hall–Kier alpha value is -3.03. The first-order valence-corrected chi connectivity index (χ1v) is 6.65. The Morgan fingerprint density at radius 2 is 1.46 bits per heavy atom. The molecule has 0 saturated heterocycles. The van der Waals surface area contributed by atoms with Gasteiger partial charge in [0, 0.05) is 17.1 Å². The van der Waals surface area contributed by atoms with Gasteiger partial charge in [-0.2, -0.15) is 5.10 Å². The van der Waals surface area contributed by atoms with Gasteiger partial charge in [0.1, 0.15) is 5.69 Å². The largest absolute Gasteiger partial charge is 0.272 e. The zero-order chi connectivity index (χ0) is 17.3. The fourth-order valence-electron chi connectivity index (χ4n) is 2.10. The lowest BCUT2D eigenvalue weighted by Gasteiger charge is -2.07. The van der Waals surface area contributed by atoms with Gasteiger partial charge in [-0.15, -0.1) is 0 Å². The quantitative estimate of drug-likeness (QED) is 0.253. The highest BCUT2D eigenvalue weighted by Gasteiger charge is 2.25. The van der Waals surface area contributed by atoms with E-state index in [-0.39, 0.29) is 0 Å². The number of nitrogens with one attached hydrogen (secondary N) is 1. The molecule has 0 aliphatic heterocycles. The molecule has 0 bridgehead atoms. The van der Waals surface area contributed by atoms with Gasteiger partial charge in [-0.05, 0) is 12.1 Å². The minimum absolute atomic E-state index is 0.553. The van der Waals surface area contributed by atoms with Crippen molar-refractivity contribution < 1.29 is 22.0 Å². The summed E-state index contributed by atoms with van der Waals surface area (Å²) < 4.78 is 66.2. The number of hydrazone groups is 1. The van der Waals surface area contributed by atoms with E-state index in [0.717, 1.165) is 0 Å². The Morgan fingerprint density at radius 1 is 0.833 bits per heavy atom. The molecule has 0 saturated carbocycles. The Labute approximate surface area is 132 Å². The van der Waals surface area contributed by atoms with Crippen LogP contribution in [0.4, 0.5) is 27.6 Å². The van der Waals surface area contributed by atoms with E-state index in [2.05, 4.69) is 10.1 Å². The number of rotatable bonds is 3. The standard InChI is InChI=1S/C16H8F5N3/c17-11-12(18)14(20)16(15(21)13(11)19)24-23-7-8-5-6-22-10-4-2-1-3-9(8)10/h1-7,24H/b23-7+. The van der Waals surface area contributed by atoms with Crippen molar-refractivity contribution in [1.82, 2.24) is 4.98 Å². The average molecular weight is 337 g/mol. The Kier molecular flexibility index (Phi) is 4.11.